The van der Waals surface area contributed by atoms with Crippen LogP contribution in [0.5, 0.6) is 0 Å². The Morgan fingerprint density at radius 2 is 1.82 bits per heavy atom. The summed E-state index contributed by atoms with van der Waals surface area (Å²) in [6.45, 7) is 4.58. The van der Waals surface area contributed by atoms with Crippen molar-refractivity contribution in [3.8, 4) is 0 Å². The number of hydrogen-bond donors (Lipinski definition) is 2. The van der Waals surface area contributed by atoms with Crippen LogP contribution in [0.4, 0.5) is 9.59 Å². The van der Waals surface area contributed by atoms with E-state index in [1.807, 2.05) is 0 Å². The molecule has 156 valence electrons. The van der Waals surface area contributed by atoms with Crippen LogP contribution < -0.4 is 11.1 Å². The van der Waals surface area contributed by atoms with Gasteiger partial charge in [-0.3, -0.25) is 4.79 Å². The second-order valence-corrected chi connectivity index (χ2v) is 9.49. The number of rotatable bonds is 4. The summed E-state index contributed by atoms with van der Waals surface area (Å²) in [5.41, 5.74) is 5.35. The van der Waals surface area contributed by atoms with Crippen molar-refractivity contribution in [3.05, 3.63) is 0 Å². The summed E-state index contributed by atoms with van der Waals surface area (Å²) in [6.07, 6.45) is 4.08. The molecule has 3 N–H and O–H groups in total. The van der Waals surface area contributed by atoms with E-state index in [9.17, 15) is 14.4 Å². The second-order valence-electron chi connectivity index (χ2n) is 9.49. The fourth-order valence-electron chi connectivity index (χ4n) is 6.12. The van der Waals surface area contributed by atoms with Gasteiger partial charge in [0.15, 0.2) is 0 Å². The van der Waals surface area contributed by atoms with Gasteiger partial charge in [0.1, 0.15) is 6.10 Å². The van der Waals surface area contributed by atoms with E-state index >= 15 is 0 Å². The number of hydrogen-bond acceptors (Lipinski definition) is 5. The van der Waals surface area contributed by atoms with Crippen LogP contribution in [0.15, 0.2) is 0 Å². The molecule has 0 aromatic carbocycles. The van der Waals surface area contributed by atoms with Crippen LogP contribution in [-0.2, 0) is 14.3 Å². The minimum Gasteiger partial charge on any atom is -0.447 e. The molecule has 4 unspecified atom stereocenters. The van der Waals surface area contributed by atoms with Gasteiger partial charge in [0, 0.05) is 13.1 Å². The Kier molecular flexibility index (Phi) is 4.91. The molecule has 8 heteroatoms. The number of nitrogens with zero attached hydrogens (tertiary/aromatic N) is 1. The number of primary amides is 1. The monoisotopic (exact) mass is 393 g/mol. The largest absolute Gasteiger partial charge is 0.447 e. The Bertz CT molecular complexity index is 650. The third kappa shape index (κ3) is 3.53. The van der Waals surface area contributed by atoms with Crippen LogP contribution in [0.3, 0.4) is 0 Å². The van der Waals surface area contributed by atoms with Crippen molar-refractivity contribution in [2.75, 3.05) is 13.1 Å². The van der Waals surface area contributed by atoms with Crippen LogP contribution in [0.1, 0.15) is 52.4 Å². The number of nitrogens with one attached hydrogen (secondary N) is 1. The van der Waals surface area contributed by atoms with E-state index < -0.39 is 6.09 Å². The summed E-state index contributed by atoms with van der Waals surface area (Å²) in [7, 11) is 0. The van der Waals surface area contributed by atoms with Crippen molar-refractivity contribution in [2.45, 2.75) is 70.6 Å². The maximum atomic E-state index is 12.7. The number of amides is 3. The van der Waals surface area contributed by atoms with Gasteiger partial charge >= 0.3 is 12.2 Å². The van der Waals surface area contributed by atoms with E-state index in [0.29, 0.717) is 25.4 Å². The molecule has 4 saturated carbocycles. The molecule has 8 nitrogen and oxygen atoms in total. The van der Waals surface area contributed by atoms with E-state index in [1.165, 1.54) is 0 Å². The summed E-state index contributed by atoms with van der Waals surface area (Å²) in [5, 5.41) is 2.81. The molecule has 28 heavy (non-hydrogen) atoms. The third-order valence-electron chi connectivity index (χ3n) is 7.06. The van der Waals surface area contributed by atoms with Gasteiger partial charge in [-0.05, 0) is 70.1 Å². The number of nitrogens with two attached hydrogens (primary N) is 1. The lowest BCUT2D eigenvalue weighted by molar-refractivity contribution is -0.161. The molecule has 3 amide bonds. The van der Waals surface area contributed by atoms with E-state index in [1.54, 1.807) is 18.7 Å². The molecule has 5 fully saturated rings. The molecular formula is C20H31N3O5. The first kappa shape index (κ1) is 19.3. The third-order valence-corrected chi connectivity index (χ3v) is 7.06. The second kappa shape index (κ2) is 7.12. The quantitative estimate of drug-likeness (QED) is 0.759. The number of alkyl carbamates (subject to hydrolysis) is 1. The lowest BCUT2D eigenvalue weighted by Gasteiger charge is -2.58. The first-order valence-electron chi connectivity index (χ1n) is 10.5. The van der Waals surface area contributed by atoms with Crippen LogP contribution in [-0.4, -0.2) is 54.3 Å². The summed E-state index contributed by atoms with van der Waals surface area (Å²) in [6, 6.07) is -0.115. The number of carbonyl (C=O) groups excluding carboxylic acids is 3. The van der Waals surface area contributed by atoms with Gasteiger partial charge in [0.25, 0.3) is 0 Å². The van der Waals surface area contributed by atoms with Gasteiger partial charge in [0.2, 0.25) is 5.91 Å². The zero-order valence-electron chi connectivity index (χ0n) is 16.7. The van der Waals surface area contributed by atoms with Crippen molar-refractivity contribution >= 4 is 18.1 Å². The van der Waals surface area contributed by atoms with E-state index in [4.69, 9.17) is 15.2 Å². The highest BCUT2D eigenvalue weighted by molar-refractivity contribution is 5.81. The zero-order chi connectivity index (χ0) is 20.1. The zero-order valence-corrected chi connectivity index (χ0v) is 16.7. The summed E-state index contributed by atoms with van der Waals surface area (Å²) < 4.78 is 11.0. The number of carbonyl (C=O) groups is 3. The fourth-order valence-corrected chi connectivity index (χ4v) is 6.12. The minimum atomic E-state index is -0.451. The Balaban J connectivity index is 1.32. The van der Waals surface area contributed by atoms with Gasteiger partial charge in [-0.25, -0.2) is 9.59 Å². The van der Waals surface area contributed by atoms with Crippen LogP contribution >= 0.6 is 0 Å². The Hall–Kier alpha value is -1.99. The molecule has 1 heterocycles. The minimum absolute atomic E-state index is 0.115. The van der Waals surface area contributed by atoms with Crippen molar-refractivity contribution < 1.29 is 23.9 Å². The van der Waals surface area contributed by atoms with Gasteiger partial charge in [-0.15, -0.1) is 0 Å². The molecule has 1 aliphatic heterocycles. The topological polar surface area (TPSA) is 111 Å². The van der Waals surface area contributed by atoms with Gasteiger partial charge in [-0.1, -0.05) is 0 Å². The Morgan fingerprint density at radius 1 is 1.14 bits per heavy atom. The average molecular weight is 393 g/mol. The summed E-state index contributed by atoms with van der Waals surface area (Å²) in [4.78, 5) is 38.2. The van der Waals surface area contributed by atoms with Gasteiger partial charge in [0.05, 0.1) is 17.6 Å². The van der Waals surface area contributed by atoms with Gasteiger partial charge < -0.3 is 25.4 Å². The molecule has 0 aromatic rings. The lowest BCUT2D eigenvalue weighted by Crippen LogP contribution is -2.59. The van der Waals surface area contributed by atoms with Crippen molar-refractivity contribution in [1.82, 2.24) is 10.2 Å². The predicted molar refractivity (Wildman–Crippen MR) is 100 cm³/mol. The average Bonchev–Trinajstić information content (AvgIpc) is 3.05. The lowest BCUT2D eigenvalue weighted by atomic mass is 9.48. The standard InChI is InChI=1S/C20H31N3O5/c1-11(2)27-18(25)22-15-3-4-23(10-15)19(26)28-16-13-5-12-6-14(16)9-20(7-12,8-13)17(21)24/h11-16H,3-10H2,1-2H3,(H2,21,24)(H,22,25)/t12?,13-,14?,15-,16?,20?/m1/s1. The molecule has 4 bridgehead atoms. The van der Waals surface area contributed by atoms with Crippen LogP contribution in [0.25, 0.3) is 0 Å². The SMILES string of the molecule is CC(C)OC(=O)N[C@@H]1CCN(C(=O)OC2C3CC4C[C@@H]2CC(C(N)=O)(C4)C3)C1. The molecule has 0 spiro atoms. The highest BCUT2D eigenvalue weighted by Gasteiger charge is 2.59. The predicted octanol–water partition coefficient (Wildman–Crippen LogP) is 2.01. The molecule has 0 aromatic heterocycles. The maximum Gasteiger partial charge on any atom is 0.410 e. The Morgan fingerprint density at radius 3 is 2.43 bits per heavy atom. The van der Waals surface area contributed by atoms with E-state index in [-0.39, 0.29) is 47.5 Å². The molecule has 0 radical (unpaired) electrons. The highest BCUT2D eigenvalue weighted by Crippen LogP contribution is 2.60. The van der Waals surface area contributed by atoms with Crippen molar-refractivity contribution in [2.24, 2.45) is 28.9 Å². The maximum absolute atomic E-state index is 12.7. The first-order valence-corrected chi connectivity index (χ1v) is 10.5. The molecule has 1 saturated heterocycles. The van der Waals surface area contributed by atoms with Crippen LogP contribution in [0, 0.1) is 23.2 Å². The molecule has 6 atom stereocenters. The van der Waals surface area contributed by atoms with Gasteiger partial charge in [-0.2, -0.15) is 0 Å². The van der Waals surface area contributed by atoms with Crippen molar-refractivity contribution in [1.29, 1.82) is 0 Å². The summed E-state index contributed by atoms with van der Waals surface area (Å²) >= 11 is 0. The fraction of sp³-hybridized carbons (Fsp3) is 0.850. The summed E-state index contributed by atoms with van der Waals surface area (Å²) in [5.74, 6) is 0.825. The smallest absolute Gasteiger partial charge is 0.410 e. The normalized spacial score (nSPS) is 38.5. The van der Waals surface area contributed by atoms with E-state index in [2.05, 4.69) is 5.32 Å². The molecular weight excluding hydrogens is 362 g/mol. The number of ether oxygens (including phenoxy) is 2. The first-order chi connectivity index (χ1) is 13.3. The highest BCUT2D eigenvalue weighted by atomic mass is 16.6. The molecule has 5 aliphatic rings. The molecule has 4 aliphatic carbocycles. The Labute approximate surface area is 165 Å². The number of likely N-dealkylation sites (tertiary alicyclic amines) is 1. The van der Waals surface area contributed by atoms with Crippen molar-refractivity contribution in [3.63, 3.8) is 0 Å². The molecule has 5 rings (SSSR count). The van der Waals surface area contributed by atoms with E-state index in [0.717, 1.165) is 32.1 Å². The van der Waals surface area contributed by atoms with Crippen LogP contribution in [0.2, 0.25) is 0 Å².